The van der Waals surface area contributed by atoms with Crippen molar-refractivity contribution in [3.05, 3.63) is 34.1 Å². The van der Waals surface area contributed by atoms with Crippen LogP contribution >= 0.6 is 15.9 Å². The summed E-state index contributed by atoms with van der Waals surface area (Å²) in [7, 11) is -0.808. The number of halogens is 2. The summed E-state index contributed by atoms with van der Waals surface area (Å²) >= 11 is 3.17. The van der Waals surface area contributed by atoms with E-state index in [9.17, 15) is 8.60 Å². The third-order valence-electron chi connectivity index (χ3n) is 2.46. The molecule has 96 valence electrons. The van der Waals surface area contributed by atoms with Crippen LogP contribution in [0.2, 0.25) is 0 Å². The van der Waals surface area contributed by atoms with Crippen molar-refractivity contribution in [3.63, 3.8) is 0 Å². The van der Waals surface area contributed by atoms with Crippen LogP contribution in [0.4, 0.5) is 4.39 Å². The zero-order valence-electron chi connectivity index (χ0n) is 10.2. The summed E-state index contributed by atoms with van der Waals surface area (Å²) in [6.07, 6.45) is 1.69. The summed E-state index contributed by atoms with van der Waals surface area (Å²) in [5, 5.41) is 3.34. The van der Waals surface area contributed by atoms with Crippen molar-refractivity contribution in [2.75, 3.05) is 12.0 Å². The predicted octanol–water partition coefficient (Wildman–Crippen LogP) is 3.01. The minimum Gasteiger partial charge on any atom is -0.307 e. The van der Waals surface area contributed by atoms with Gasteiger partial charge in [-0.25, -0.2) is 4.39 Å². The molecule has 0 heterocycles. The van der Waals surface area contributed by atoms with E-state index in [0.29, 0.717) is 10.2 Å². The highest BCUT2D eigenvalue weighted by atomic mass is 79.9. The molecule has 1 rings (SSSR count). The van der Waals surface area contributed by atoms with Crippen molar-refractivity contribution in [2.45, 2.75) is 25.9 Å². The second kappa shape index (κ2) is 6.61. The summed E-state index contributed by atoms with van der Waals surface area (Å²) in [6.45, 7) is 4.01. The van der Waals surface area contributed by atoms with Crippen molar-refractivity contribution >= 4 is 26.7 Å². The molecule has 2 nitrogen and oxygen atoms in total. The lowest BCUT2D eigenvalue weighted by Crippen LogP contribution is -2.33. The number of hydrogen-bond acceptors (Lipinski definition) is 2. The number of rotatable bonds is 5. The lowest BCUT2D eigenvalue weighted by atomic mass is 10.1. The van der Waals surface area contributed by atoms with Gasteiger partial charge in [-0.3, -0.25) is 4.21 Å². The first-order chi connectivity index (χ1) is 7.90. The van der Waals surface area contributed by atoms with Crippen molar-refractivity contribution in [1.82, 2.24) is 5.32 Å². The fourth-order valence-corrected chi connectivity index (χ4v) is 2.90. The number of benzene rings is 1. The van der Waals surface area contributed by atoms with Crippen LogP contribution in [0.15, 0.2) is 22.7 Å². The molecule has 0 aliphatic carbocycles. The Morgan fingerprint density at radius 2 is 2.12 bits per heavy atom. The molecule has 3 unspecified atom stereocenters. The topological polar surface area (TPSA) is 29.1 Å². The largest absolute Gasteiger partial charge is 0.307 e. The van der Waals surface area contributed by atoms with Gasteiger partial charge in [-0.05, 0) is 47.5 Å². The highest BCUT2D eigenvalue weighted by Gasteiger charge is 2.11. The Morgan fingerprint density at radius 1 is 1.47 bits per heavy atom. The second-order valence-corrected chi connectivity index (χ2v) is 6.54. The van der Waals surface area contributed by atoms with Crippen LogP contribution in [0.5, 0.6) is 0 Å². The Bertz CT molecular complexity index is 413. The van der Waals surface area contributed by atoms with E-state index >= 15 is 0 Å². The van der Waals surface area contributed by atoms with E-state index in [4.69, 9.17) is 0 Å². The van der Waals surface area contributed by atoms with Gasteiger partial charge < -0.3 is 5.32 Å². The van der Waals surface area contributed by atoms with Gasteiger partial charge in [0.15, 0.2) is 0 Å². The van der Waals surface area contributed by atoms with Crippen molar-refractivity contribution in [2.24, 2.45) is 0 Å². The molecule has 0 amide bonds. The van der Waals surface area contributed by atoms with Crippen LogP contribution in [0.1, 0.15) is 25.5 Å². The normalized spacial score (nSPS) is 16.5. The van der Waals surface area contributed by atoms with Gasteiger partial charge in [0.2, 0.25) is 0 Å². The van der Waals surface area contributed by atoms with Gasteiger partial charge in [-0.2, -0.15) is 0 Å². The molecule has 17 heavy (non-hydrogen) atoms. The Hall–Kier alpha value is -0.260. The highest BCUT2D eigenvalue weighted by Crippen LogP contribution is 2.21. The summed E-state index contributed by atoms with van der Waals surface area (Å²) < 4.78 is 24.6. The minimum absolute atomic E-state index is 0.102. The number of hydrogen-bond donors (Lipinski definition) is 1. The van der Waals surface area contributed by atoms with Crippen LogP contribution in [-0.4, -0.2) is 22.3 Å². The predicted molar refractivity (Wildman–Crippen MR) is 74.0 cm³/mol. The van der Waals surface area contributed by atoms with Crippen molar-refractivity contribution in [3.8, 4) is 0 Å². The molecule has 0 aromatic heterocycles. The Kier molecular flexibility index (Phi) is 5.76. The summed E-state index contributed by atoms with van der Waals surface area (Å²) in [5.41, 5.74) is 1.01. The fourth-order valence-electron chi connectivity index (χ4n) is 1.70. The van der Waals surface area contributed by atoms with E-state index in [1.165, 1.54) is 6.07 Å². The Morgan fingerprint density at radius 3 is 2.65 bits per heavy atom. The van der Waals surface area contributed by atoms with Gasteiger partial charge in [0, 0.05) is 34.9 Å². The average molecular weight is 322 g/mol. The molecule has 1 aromatic carbocycles. The molecule has 0 bridgehead atoms. The van der Waals surface area contributed by atoms with Crippen LogP contribution < -0.4 is 5.32 Å². The molecule has 0 saturated heterocycles. The highest BCUT2D eigenvalue weighted by molar-refractivity contribution is 9.10. The first kappa shape index (κ1) is 14.8. The lowest BCUT2D eigenvalue weighted by Gasteiger charge is -2.19. The number of nitrogens with one attached hydrogen (secondary N) is 1. The maximum atomic E-state index is 13.1. The van der Waals surface area contributed by atoms with Gasteiger partial charge in [0.1, 0.15) is 5.82 Å². The van der Waals surface area contributed by atoms with Gasteiger partial charge >= 0.3 is 0 Å². The van der Waals surface area contributed by atoms with Crippen LogP contribution in [-0.2, 0) is 10.8 Å². The summed E-state index contributed by atoms with van der Waals surface area (Å²) in [6, 6.07) is 5.24. The van der Waals surface area contributed by atoms with Crippen molar-refractivity contribution in [1.29, 1.82) is 0 Å². The molecular weight excluding hydrogens is 305 g/mol. The molecule has 1 N–H and O–H groups in total. The van der Waals surface area contributed by atoms with E-state index in [0.717, 1.165) is 5.56 Å². The lowest BCUT2D eigenvalue weighted by molar-refractivity contribution is 0.507. The smallest absolute Gasteiger partial charge is 0.137 e. The molecule has 0 aliphatic rings. The van der Waals surface area contributed by atoms with Gasteiger partial charge in [0.25, 0.3) is 0 Å². The van der Waals surface area contributed by atoms with Crippen LogP contribution in [0, 0.1) is 5.82 Å². The minimum atomic E-state index is -0.808. The van der Waals surface area contributed by atoms with E-state index in [1.807, 2.05) is 13.8 Å². The van der Waals surface area contributed by atoms with E-state index < -0.39 is 10.8 Å². The molecule has 0 spiro atoms. The maximum Gasteiger partial charge on any atom is 0.137 e. The average Bonchev–Trinajstić information content (AvgIpc) is 2.20. The molecule has 3 atom stereocenters. The molecule has 1 aromatic rings. The summed E-state index contributed by atoms with van der Waals surface area (Å²) in [4.78, 5) is 0. The molecule has 0 fully saturated rings. The molecule has 0 aliphatic heterocycles. The molecule has 5 heteroatoms. The van der Waals surface area contributed by atoms with Gasteiger partial charge in [-0.15, -0.1) is 0 Å². The zero-order valence-corrected chi connectivity index (χ0v) is 12.6. The SMILES string of the molecule is CC(CS(C)=O)NC(C)c1ccc(F)c(Br)c1. The second-order valence-electron chi connectivity index (χ2n) is 4.20. The molecule has 0 saturated carbocycles. The quantitative estimate of drug-likeness (QED) is 0.903. The molecular formula is C12H17BrFNOS. The monoisotopic (exact) mass is 321 g/mol. The first-order valence-corrected chi connectivity index (χ1v) is 7.93. The third-order valence-corrected chi connectivity index (χ3v) is 4.04. The van der Waals surface area contributed by atoms with E-state index in [-0.39, 0.29) is 17.9 Å². The van der Waals surface area contributed by atoms with Crippen LogP contribution in [0.25, 0.3) is 0 Å². The first-order valence-electron chi connectivity index (χ1n) is 5.41. The fraction of sp³-hybridized carbons (Fsp3) is 0.500. The maximum absolute atomic E-state index is 13.1. The van der Waals surface area contributed by atoms with Gasteiger partial charge in [-0.1, -0.05) is 6.07 Å². The van der Waals surface area contributed by atoms with Crippen molar-refractivity contribution < 1.29 is 8.60 Å². The van der Waals surface area contributed by atoms with E-state index in [1.54, 1.807) is 18.4 Å². The molecule has 0 radical (unpaired) electrons. The third kappa shape index (κ3) is 4.85. The Labute approximate surface area is 113 Å². The standard InChI is InChI=1S/C12H17BrFNOS/c1-8(7-17(3)16)15-9(2)10-4-5-12(14)11(13)6-10/h4-6,8-9,15H,7H2,1-3H3. The Balaban J connectivity index is 2.66. The van der Waals surface area contributed by atoms with Crippen LogP contribution in [0.3, 0.4) is 0 Å². The summed E-state index contributed by atoms with van der Waals surface area (Å²) in [5.74, 6) is 0.357. The van der Waals surface area contributed by atoms with E-state index in [2.05, 4.69) is 21.2 Å². The zero-order chi connectivity index (χ0) is 13.0. The van der Waals surface area contributed by atoms with Gasteiger partial charge in [0.05, 0.1) is 4.47 Å².